The molecule has 0 aliphatic carbocycles. The number of rotatable bonds is 3. The van der Waals surface area contributed by atoms with Gasteiger partial charge in [-0.3, -0.25) is 9.48 Å². The van der Waals surface area contributed by atoms with Crippen molar-refractivity contribution in [2.24, 2.45) is 7.05 Å². The van der Waals surface area contributed by atoms with E-state index in [-0.39, 0.29) is 5.91 Å². The van der Waals surface area contributed by atoms with Gasteiger partial charge in [0.15, 0.2) is 0 Å². The largest absolute Gasteiger partial charge is 0.395 e. The quantitative estimate of drug-likeness (QED) is 0.817. The van der Waals surface area contributed by atoms with Crippen molar-refractivity contribution < 1.29 is 9.53 Å². The summed E-state index contributed by atoms with van der Waals surface area (Å²) in [5.74, 6) is -0.0617. The van der Waals surface area contributed by atoms with Gasteiger partial charge in [0.05, 0.1) is 18.0 Å². The molecule has 1 aliphatic rings. The van der Waals surface area contributed by atoms with Crippen LogP contribution in [0.25, 0.3) is 0 Å². The Morgan fingerprint density at radius 3 is 2.79 bits per heavy atom. The third-order valence-corrected chi connectivity index (χ3v) is 3.39. The van der Waals surface area contributed by atoms with Gasteiger partial charge >= 0.3 is 0 Å². The monoisotopic (exact) mass is 264 g/mol. The van der Waals surface area contributed by atoms with Crippen molar-refractivity contribution in [3.8, 4) is 0 Å². The molecule has 19 heavy (non-hydrogen) atoms. The van der Waals surface area contributed by atoms with E-state index in [0.717, 1.165) is 6.42 Å². The molecule has 0 spiro atoms. The second kappa shape index (κ2) is 5.44. The van der Waals surface area contributed by atoms with E-state index in [1.54, 1.807) is 30.7 Å². The second-order valence-corrected chi connectivity index (χ2v) is 4.77. The van der Waals surface area contributed by atoms with E-state index in [0.29, 0.717) is 36.8 Å². The molecule has 1 amide bonds. The summed E-state index contributed by atoms with van der Waals surface area (Å²) in [4.78, 5) is 14.2. The average Bonchev–Trinajstić information content (AvgIpc) is 2.64. The van der Waals surface area contributed by atoms with E-state index < -0.39 is 0 Å². The maximum Gasteiger partial charge on any atom is 0.274 e. The van der Waals surface area contributed by atoms with Crippen LogP contribution in [0.1, 0.15) is 22.6 Å². The first kappa shape index (κ1) is 13.6. The molecular weight excluding hydrogens is 244 g/mol. The number of aryl methyl sites for hydroxylation is 2. The summed E-state index contributed by atoms with van der Waals surface area (Å²) in [5, 5.41) is 4.18. The van der Waals surface area contributed by atoms with Gasteiger partial charge in [0, 0.05) is 27.2 Å². The molecule has 6 heteroatoms. The van der Waals surface area contributed by atoms with Gasteiger partial charge in [-0.05, 0) is 18.9 Å². The SMILES string of the molecule is COCC1=CCN(C(=O)c2c(N)c(C)nn2C)CC1. The predicted octanol–water partition coefficient (Wildman–Crippen LogP) is 0.729. The molecule has 6 nitrogen and oxygen atoms in total. The van der Waals surface area contributed by atoms with Crippen molar-refractivity contribution >= 4 is 11.6 Å². The van der Waals surface area contributed by atoms with Crippen LogP contribution in [0, 0.1) is 6.92 Å². The molecule has 2 heterocycles. The maximum atomic E-state index is 12.4. The molecular formula is C13H20N4O2. The summed E-state index contributed by atoms with van der Waals surface area (Å²) in [6, 6.07) is 0. The van der Waals surface area contributed by atoms with Crippen molar-refractivity contribution in [3.05, 3.63) is 23.0 Å². The van der Waals surface area contributed by atoms with Gasteiger partial charge in [0.1, 0.15) is 5.69 Å². The molecule has 0 bridgehead atoms. The Bertz CT molecular complexity index is 519. The lowest BCUT2D eigenvalue weighted by Gasteiger charge is -2.26. The van der Waals surface area contributed by atoms with Crippen LogP contribution in [0.4, 0.5) is 5.69 Å². The lowest BCUT2D eigenvalue weighted by Crippen LogP contribution is -2.36. The van der Waals surface area contributed by atoms with E-state index in [1.807, 2.05) is 6.08 Å². The number of carbonyl (C=O) groups excluding carboxylic acids is 1. The number of aromatic nitrogens is 2. The predicted molar refractivity (Wildman–Crippen MR) is 72.8 cm³/mol. The molecule has 0 radical (unpaired) electrons. The van der Waals surface area contributed by atoms with Gasteiger partial charge in [-0.1, -0.05) is 6.08 Å². The van der Waals surface area contributed by atoms with Gasteiger partial charge < -0.3 is 15.4 Å². The highest BCUT2D eigenvalue weighted by molar-refractivity contribution is 5.98. The van der Waals surface area contributed by atoms with E-state index in [4.69, 9.17) is 10.5 Å². The summed E-state index contributed by atoms with van der Waals surface area (Å²) in [6.45, 7) is 3.73. The highest BCUT2D eigenvalue weighted by atomic mass is 16.5. The molecule has 0 fully saturated rings. The first-order valence-electron chi connectivity index (χ1n) is 6.29. The van der Waals surface area contributed by atoms with Crippen LogP contribution in [0.3, 0.4) is 0 Å². The summed E-state index contributed by atoms with van der Waals surface area (Å²) >= 11 is 0. The second-order valence-electron chi connectivity index (χ2n) is 4.77. The van der Waals surface area contributed by atoms with Crippen LogP contribution in [0.15, 0.2) is 11.6 Å². The van der Waals surface area contributed by atoms with Crippen LogP contribution in [0.2, 0.25) is 0 Å². The third-order valence-electron chi connectivity index (χ3n) is 3.39. The van der Waals surface area contributed by atoms with E-state index in [9.17, 15) is 4.79 Å². The molecule has 0 unspecified atom stereocenters. The van der Waals surface area contributed by atoms with Crippen LogP contribution in [0.5, 0.6) is 0 Å². The first-order chi connectivity index (χ1) is 9.04. The molecule has 0 saturated carbocycles. The Morgan fingerprint density at radius 2 is 2.32 bits per heavy atom. The number of nitrogen functional groups attached to an aromatic ring is 1. The van der Waals surface area contributed by atoms with Gasteiger partial charge in [0.25, 0.3) is 5.91 Å². The van der Waals surface area contributed by atoms with Gasteiger partial charge in [-0.25, -0.2) is 0 Å². The first-order valence-corrected chi connectivity index (χ1v) is 6.29. The molecule has 0 saturated heterocycles. The molecule has 1 aromatic rings. The number of methoxy groups -OCH3 is 1. The fourth-order valence-electron chi connectivity index (χ4n) is 2.29. The molecule has 1 aromatic heterocycles. The third kappa shape index (κ3) is 2.63. The topological polar surface area (TPSA) is 73.4 Å². The standard InChI is InChI=1S/C13H20N4O2/c1-9-11(14)12(16(2)15-9)13(18)17-6-4-10(5-7-17)8-19-3/h4H,5-8,14H2,1-3H3. The maximum absolute atomic E-state index is 12.4. The van der Waals surface area contributed by atoms with E-state index >= 15 is 0 Å². The number of hydrogen-bond acceptors (Lipinski definition) is 4. The normalized spacial score (nSPS) is 15.5. The molecule has 2 rings (SSSR count). The molecule has 1 aliphatic heterocycles. The van der Waals surface area contributed by atoms with Gasteiger partial charge in [-0.15, -0.1) is 0 Å². The Kier molecular flexibility index (Phi) is 3.90. The number of amides is 1. The lowest BCUT2D eigenvalue weighted by molar-refractivity contribution is 0.0755. The summed E-state index contributed by atoms with van der Waals surface area (Å²) in [7, 11) is 3.42. The minimum atomic E-state index is -0.0617. The van der Waals surface area contributed by atoms with E-state index in [1.165, 1.54) is 5.57 Å². The van der Waals surface area contributed by atoms with Crippen molar-refractivity contribution in [1.29, 1.82) is 0 Å². The zero-order chi connectivity index (χ0) is 14.0. The van der Waals surface area contributed by atoms with Gasteiger partial charge in [-0.2, -0.15) is 5.10 Å². The fraction of sp³-hybridized carbons (Fsp3) is 0.538. The van der Waals surface area contributed by atoms with Crippen molar-refractivity contribution in [2.75, 3.05) is 32.5 Å². The number of ether oxygens (including phenoxy) is 1. The van der Waals surface area contributed by atoms with Crippen molar-refractivity contribution in [3.63, 3.8) is 0 Å². The summed E-state index contributed by atoms with van der Waals surface area (Å²) in [6.07, 6.45) is 2.89. The zero-order valence-corrected chi connectivity index (χ0v) is 11.6. The molecule has 0 atom stereocenters. The number of hydrogen-bond donors (Lipinski definition) is 1. The number of nitrogens with two attached hydrogens (primary N) is 1. The fourth-order valence-corrected chi connectivity index (χ4v) is 2.29. The van der Waals surface area contributed by atoms with Crippen molar-refractivity contribution in [2.45, 2.75) is 13.3 Å². The highest BCUT2D eigenvalue weighted by Gasteiger charge is 2.24. The molecule has 104 valence electrons. The van der Waals surface area contributed by atoms with E-state index in [2.05, 4.69) is 5.10 Å². The van der Waals surface area contributed by atoms with Crippen LogP contribution in [-0.2, 0) is 11.8 Å². The van der Waals surface area contributed by atoms with Crippen LogP contribution >= 0.6 is 0 Å². The van der Waals surface area contributed by atoms with Crippen molar-refractivity contribution in [1.82, 2.24) is 14.7 Å². The summed E-state index contributed by atoms with van der Waals surface area (Å²) in [5.41, 5.74) is 8.79. The lowest BCUT2D eigenvalue weighted by atomic mass is 10.1. The average molecular weight is 264 g/mol. The Balaban J connectivity index is 2.14. The van der Waals surface area contributed by atoms with Crippen LogP contribution < -0.4 is 5.73 Å². The minimum Gasteiger partial charge on any atom is -0.395 e. The number of carbonyl (C=O) groups is 1. The Morgan fingerprint density at radius 1 is 1.58 bits per heavy atom. The Hall–Kier alpha value is -1.82. The number of anilines is 1. The Labute approximate surface area is 112 Å². The highest BCUT2D eigenvalue weighted by Crippen LogP contribution is 2.20. The molecule has 2 N–H and O–H groups in total. The minimum absolute atomic E-state index is 0.0617. The van der Waals surface area contributed by atoms with Gasteiger partial charge in [0.2, 0.25) is 0 Å². The molecule has 0 aromatic carbocycles. The van der Waals surface area contributed by atoms with Crippen LogP contribution in [-0.4, -0.2) is 47.4 Å². The number of nitrogens with zero attached hydrogens (tertiary/aromatic N) is 3. The zero-order valence-electron chi connectivity index (χ0n) is 11.6. The smallest absolute Gasteiger partial charge is 0.274 e. The summed E-state index contributed by atoms with van der Waals surface area (Å²) < 4.78 is 6.65.